The maximum Gasteiger partial charge on any atom is 0.490 e. The van der Waals surface area contributed by atoms with Crippen LogP contribution < -0.4 is 9.62 Å². The van der Waals surface area contributed by atoms with Gasteiger partial charge in [0, 0.05) is 26.2 Å². The number of nitrogens with zero attached hydrogens (tertiary/aromatic N) is 2. The first-order valence-corrected chi connectivity index (χ1v) is 11.7. The number of hydrogen-bond acceptors (Lipinski definition) is 6. The number of likely N-dealkylation sites (N-methyl/N-ethyl adjacent to an activating group) is 1. The molecular formula is C21H23F4N3O6S. The van der Waals surface area contributed by atoms with Gasteiger partial charge in [-0.05, 0) is 49.0 Å². The summed E-state index contributed by atoms with van der Waals surface area (Å²) in [5, 5.41) is 16.4. The minimum Gasteiger partial charge on any atom is -0.478 e. The number of carboxylic acid groups (broad SMARTS) is 2. The molecule has 3 N–H and O–H groups in total. The summed E-state index contributed by atoms with van der Waals surface area (Å²) in [7, 11) is -4.00. The number of alkyl halides is 3. The number of nitrogens with one attached hydrogen (secondary N) is 1. The number of rotatable bonds is 6. The third-order valence-corrected chi connectivity index (χ3v) is 6.40. The second kappa shape index (κ2) is 11.4. The molecule has 1 aliphatic heterocycles. The van der Waals surface area contributed by atoms with Crippen LogP contribution in [0.1, 0.15) is 17.3 Å². The van der Waals surface area contributed by atoms with Gasteiger partial charge in [0.1, 0.15) is 5.82 Å². The molecule has 2 aromatic rings. The fraction of sp³-hybridized carbons (Fsp3) is 0.333. The molecule has 35 heavy (non-hydrogen) atoms. The highest BCUT2D eigenvalue weighted by atomic mass is 32.2. The van der Waals surface area contributed by atoms with E-state index in [0.717, 1.165) is 31.8 Å². The Bertz CT molecular complexity index is 1150. The molecule has 14 heteroatoms. The third kappa shape index (κ3) is 7.82. The zero-order chi connectivity index (χ0) is 26.4. The molecule has 0 aromatic heterocycles. The Balaban J connectivity index is 0.000000540. The van der Waals surface area contributed by atoms with Gasteiger partial charge in [-0.25, -0.2) is 22.4 Å². The number of hydrogen-bond donors (Lipinski definition) is 3. The van der Waals surface area contributed by atoms with Gasteiger partial charge in [-0.3, -0.25) is 4.72 Å². The Morgan fingerprint density at radius 1 is 1.00 bits per heavy atom. The SMILES string of the molecule is CCN1CCN(c2ccc(C(=O)O)cc2NS(=O)(=O)c2ccc(F)cc2)CC1.O=C(O)C(F)(F)F. The van der Waals surface area contributed by atoms with Crippen LogP contribution in [0, 0.1) is 5.82 Å². The summed E-state index contributed by atoms with van der Waals surface area (Å²) < 4.78 is 72.8. The van der Waals surface area contributed by atoms with E-state index in [-0.39, 0.29) is 16.1 Å². The molecule has 1 heterocycles. The number of piperazine rings is 1. The van der Waals surface area contributed by atoms with Gasteiger partial charge in [0.05, 0.1) is 21.8 Å². The summed E-state index contributed by atoms with van der Waals surface area (Å²) in [6.45, 7) is 6.09. The molecule has 1 fully saturated rings. The van der Waals surface area contributed by atoms with Crippen molar-refractivity contribution in [2.75, 3.05) is 42.3 Å². The van der Waals surface area contributed by atoms with Gasteiger partial charge in [-0.15, -0.1) is 0 Å². The van der Waals surface area contributed by atoms with Crippen molar-refractivity contribution < 1.29 is 45.8 Å². The van der Waals surface area contributed by atoms with Gasteiger partial charge in [0.25, 0.3) is 10.0 Å². The standard InChI is InChI=1S/C19H22FN3O4S.C2HF3O2/c1-2-22-9-11-23(12-10-22)18-8-3-14(19(24)25)13-17(18)21-28(26,27)16-6-4-15(20)5-7-16;3-2(4,5)1(6)7/h3-8,13,21H,2,9-12H2,1H3,(H,24,25);(H,6,7). The Labute approximate surface area is 198 Å². The van der Waals surface area contributed by atoms with Crippen LogP contribution in [-0.2, 0) is 14.8 Å². The van der Waals surface area contributed by atoms with Gasteiger partial charge >= 0.3 is 18.1 Å². The zero-order valence-electron chi connectivity index (χ0n) is 18.4. The van der Waals surface area contributed by atoms with Gasteiger partial charge < -0.3 is 20.0 Å². The molecule has 0 spiro atoms. The molecule has 0 unspecified atom stereocenters. The fourth-order valence-corrected chi connectivity index (χ4v) is 4.21. The number of halogens is 4. The van der Waals surface area contributed by atoms with Gasteiger partial charge in [-0.1, -0.05) is 6.92 Å². The quantitative estimate of drug-likeness (QED) is 0.495. The fourth-order valence-electron chi connectivity index (χ4n) is 3.15. The Hall–Kier alpha value is -3.39. The molecule has 3 rings (SSSR count). The maximum absolute atomic E-state index is 13.1. The van der Waals surface area contributed by atoms with Crippen LogP contribution in [0.3, 0.4) is 0 Å². The van der Waals surface area contributed by atoms with Crippen LogP contribution in [0.25, 0.3) is 0 Å². The highest BCUT2D eigenvalue weighted by Crippen LogP contribution is 2.30. The van der Waals surface area contributed by atoms with Crippen LogP contribution in [0.4, 0.5) is 28.9 Å². The summed E-state index contributed by atoms with van der Waals surface area (Å²) in [4.78, 5) is 24.5. The molecular weight excluding hydrogens is 498 g/mol. The highest BCUT2D eigenvalue weighted by molar-refractivity contribution is 7.92. The molecule has 0 aliphatic carbocycles. The molecule has 192 valence electrons. The third-order valence-electron chi connectivity index (χ3n) is 5.01. The minimum atomic E-state index is -5.08. The molecule has 9 nitrogen and oxygen atoms in total. The predicted octanol–water partition coefficient (Wildman–Crippen LogP) is 3.10. The van der Waals surface area contributed by atoms with Crippen LogP contribution in [0.15, 0.2) is 47.4 Å². The lowest BCUT2D eigenvalue weighted by molar-refractivity contribution is -0.192. The second-order valence-corrected chi connectivity index (χ2v) is 9.00. The number of carboxylic acids is 2. The first kappa shape index (κ1) is 27.9. The molecule has 0 saturated carbocycles. The number of aromatic carboxylic acids is 1. The molecule has 0 radical (unpaired) electrons. The number of carbonyl (C=O) groups is 2. The summed E-state index contributed by atoms with van der Waals surface area (Å²) in [6, 6.07) is 8.84. The summed E-state index contributed by atoms with van der Waals surface area (Å²) >= 11 is 0. The van der Waals surface area contributed by atoms with E-state index in [9.17, 15) is 35.9 Å². The van der Waals surface area contributed by atoms with E-state index in [4.69, 9.17) is 9.90 Å². The first-order valence-electron chi connectivity index (χ1n) is 10.2. The molecule has 0 amide bonds. The van der Waals surface area contributed by atoms with Crippen molar-refractivity contribution in [1.82, 2.24) is 4.90 Å². The Morgan fingerprint density at radius 3 is 2.00 bits per heavy atom. The van der Waals surface area contributed by atoms with Crippen molar-refractivity contribution in [3.63, 3.8) is 0 Å². The van der Waals surface area contributed by atoms with E-state index in [1.54, 1.807) is 6.07 Å². The Kier molecular flexibility index (Phi) is 9.04. The molecule has 1 saturated heterocycles. The van der Waals surface area contributed by atoms with E-state index in [2.05, 4.69) is 16.5 Å². The van der Waals surface area contributed by atoms with Crippen LogP contribution in [0.2, 0.25) is 0 Å². The molecule has 0 atom stereocenters. The monoisotopic (exact) mass is 521 g/mol. The minimum absolute atomic E-state index is 0.0206. The van der Waals surface area contributed by atoms with Gasteiger partial charge in [-0.2, -0.15) is 13.2 Å². The average molecular weight is 521 g/mol. The number of aliphatic carboxylic acids is 1. The number of anilines is 2. The Morgan fingerprint density at radius 2 is 1.54 bits per heavy atom. The lowest BCUT2D eigenvalue weighted by Gasteiger charge is -2.36. The van der Waals surface area contributed by atoms with Crippen LogP contribution in [-0.4, -0.2) is 74.4 Å². The first-order chi connectivity index (χ1) is 16.2. The van der Waals surface area contributed by atoms with Crippen molar-refractivity contribution >= 4 is 33.3 Å². The van der Waals surface area contributed by atoms with Crippen LogP contribution in [0.5, 0.6) is 0 Å². The van der Waals surface area contributed by atoms with Crippen LogP contribution >= 0.6 is 0 Å². The van der Waals surface area contributed by atoms with Crippen molar-refractivity contribution in [1.29, 1.82) is 0 Å². The summed E-state index contributed by atoms with van der Waals surface area (Å²) in [5.41, 5.74) is 0.786. The topological polar surface area (TPSA) is 127 Å². The van der Waals surface area contributed by atoms with E-state index in [0.29, 0.717) is 18.8 Å². The molecule has 2 aromatic carbocycles. The van der Waals surface area contributed by atoms with Crippen molar-refractivity contribution in [3.05, 3.63) is 53.8 Å². The maximum atomic E-state index is 13.1. The van der Waals surface area contributed by atoms with E-state index in [1.165, 1.54) is 24.3 Å². The average Bonchev–Trinajstić information content (AvgIpc) is 2.79. The van der Waals surface area contributed by atoms with Gasteiger partial charge in [0.15, 0.2) is 0 Å². The lowest BCUT2D eigenvalue weighted by Crippen LogP contribution is -2.46. The summed E-state index contributed by atoms with van der Waals surface area (Å²) in [5.74, 6) is -4.45. The predicted molar refractivity (Wildman–Crippen MR) is 119 cm³/mol. The number of benzene rings is 2. The zero-order valence-corrected chi connectivity index (χ0v) is 19.2. The van der Waals surface area contributed by atoms with Crippen molar-refractivity contribution in [2.24, 2.45) is 0 Å². The van der Waals surface area contributed by atoms with Gasteiger partial charge in [0.2, 0.25) is 0 Å². The molecule has 0 bridgehead atoms. The van der Waals surface area contributed by atoms with E-state index >= 15 is 0 Å². The van der Waals surface area contributed by atoms with E-state index < -0.39 is 34.0 Å². The van der Waals surface area contributed by atoms with Crippen molar-refractivity contribution in [3.8, 4) is 0 Å². The van der Waals surface area contributed by atoms with E-state index in [1.807, 2.05) is 4.90 Å². The van der Waals surface area contributed by atoms with Crippen molar-refractivity contribution in [2.45, 2.75) is 18.0 Å². The largest absolute Gasteiger partial charge is 0.490 e. The molecule has 1 aliphatic rings. The smallest absolute Gasteiger partial charge is 0.478 e. The lowest BCUT2D eigenvalue weighted by atomic mass is 10.1. The summed E-state index contributed by atoms with van der Waals surface area (Å²) in [6.07, 6.45) is -5.08. The highest BCUT2D eigenvalue weighted by Gasteiger charge is 2.38. The number of sulfonamides is 1. The normalized spacial score (nSPS) is 14.6. The second-order valence-electron chi connectivity index (χ2n) is 7.32.